The van der Waals surface area contributed by atoms with Crippen LogP contribution in [0, 0.1) is 0 Å². The molecule has 0 saturated carbocycles. The van der Waals surface area contributed by atoms with E-state index in [2.05, 4.69) is 23.2 Å². The van der Waals surface area contributed by atoms with Gasteiger partial charge in [-0.05, 0) is 0 Å². The summed E-state index contributed by atoms with van der Waals surface area (Å²) in [5, 5.41) is 1.58. The van der Waals surface area contributed by atoms with Crippen molar-refractivity contribution in [3.8, 4) is 0 Å². The van der Waals surface area contributed by atoms with E-state index in [0.29, 0.717) is 0 Å². The van der Waals surface area contributed by atoms with E-state index in [1.54, 1.807) is 5.32 Å². The van der Waals surface area contributed by atoms with Crippen LogP contribution in [-0.2, 0) is 0 Å². The molecule has 0 aliphatic carbocycles. The van der Waals surface area contributed by atoms with E-state index in [-0.39, 0.29) is 0 Å². The molecular weight excluding hydrogens is 484 g/mol. The third-order valence-electron chi connectivity index (χ3n) is 2.84. The molecule has 0 N–H and O–H groups in total. The molecule has 0 fully saturated rings. The van der Waals surface area contributed by atoms with Crippen LogP contribution in [0.25, 0.3) is 0 Å². The van der Waals surface area contributed by atoms with Crippen LogP contribution >= 0.6 is 0 Å². The van der Waals surface area contributed by atoms with Gasteiger partial charge in [0, 0.05) is 0 Å². The van der Waals surface area contributed by atoms with Crippen LogP contribution in [0.5, 0.6) is 0 Å². The molecule has 0 aromatic heterocycles. The molecule has 104 valence electrons. The summed E-state index contributed by atoms with van der Waals surface area (Å²) in [7, 11) is 0. The van der Waals surface area contributed by atoms with Gasteiger partial charge in [0.25, 0.3) is 0 Å². The third-order valence-corrected chi connectivity index (χ3v) is 39.8. The van der Waals surface area contributed by atoms with Crippen molar-refractivity contribution in [3.05, 3.63) is 23.2 Å². The van der Waals surface area contributed by atoms with E-state index in [1.165, 1.54) is 57.8 Å². The van der Waals surface area contributed by atoms with Gasteiger partial charge in [0.15, 0.2) is 0 Å². The van der Waals surface area contributed by atoms with Gasteiger partial charge in [0.2, 0.25) is 0 Å². The molecule has 1 aliphatic rings. The topological polar surface area (TPSA) is 0 Å². The maximum atomic E-state index is 2.45. The number of hydrogen-bond acceptors (Lipinski definition) is 0. The maximum absolute atomic E-state index is 2.45. The second-order valence-corrected chi connectivity index (χ2v) is 30.4. The van der Waals surface area contributed by atoms with E-state index in [4.69, 9.17) is 0 Å². The Balaban J connectivity index is 2.13. The third kappa shape index (κ3) is 12.6. The Labute approximate surface area is 134 Å². The Morgan fingerprint density at radius 2 is 1.39 bits per heavy atom. The van der Waals surface area contributed by atoms with E-state index in [1.807, 2.05) is 0 Å². The summed E-state index contributed by atoms with van der Waals surface area (Å²) in [6.45, 7) is 0. The second-order valence-electron chi connectivity index (χ2n) is 4.43. The van der Waals surface area contributed by atoms with Gasteiger partial charge < -0.3 is 0 Å². The van der Waals surface area contributed by atoms with Crippen LogP contribution in [0.4, 0.5) is 0 Å². The van der Waals surface area contributed by atoms with Gasteiger partial charge in [-0.25, -0.2) is 0 Å². The normalized spacial score (nSPS) is 22.2. The Morgan fingerprint density at radius 3 is 2.22 bits per heavy atom. The first-order valence-corrected chi connectivity index (χ1v) is 22.1. The SMILES string of the molecule is C1=CCCCCCCCCCC[Se][Se][Se][Se]C=C1. The molecule has 0 spiro atoms. The van der Waals surface area contributed by atoms with Crippen LogP contribution in [0.15, 0.2) is 23.2 Å². The average molecular weight is 508 g/mol. The van der Waals surface area contributed by atoms with Gasteiger partial charge in [-0.2, -0.15) is 0 Å². The zero-order valence-electron chi connectivity index (χ0n) is 11.0. The Hall–Kier alpha value is 1.56. The first-order chi connectivity index (χ1) is 9.00. The molecule has 1 rings (SSSR count). The standard InChI is InChI=1S/C14H24Se4/c1-2-4-6-8-10-12-14-16-18-17-15-13-11-9-7-5-3-1/h7,9,11,13H,1-6,8,10,12,14H2. The summed E-state index contributed by atoms with van der Waals surface area (Å²) >= 11 is 3.95. The molecular formula is C14H24Se4. The van der Waals surface area contributed by atoms with Crippen LogP contribution in [0.2, 0.25) is 5.32 Å². The predicted octanol–water partition coefficient (Wildman–Crippen LogP) is 3.56. The summed E-state index contributed by atoms with van der Waals surface area (Å²) in [6.07, 6.45) is 20.0. The van der Waals surface area contributed by atoms with Crippen molar-refractivity contribution >= 4 is 48.9 Å². The first-order valence-electron chi connectivity index (χ1n) is 6.93. The van der Waals surface area contributed by atoms with Gasteiger partial charge >= 0.3 is 135 Å². The Kier molecular flexibility index (Phi) is 14.6. The molecule has 0 aromatic rings. The zero-order valence-corrected chi connectivity index (χ0v) is 17.9. The summed E-state index contributed by atoms with van der Waals surface area (Å²) in [5.41, 5.74) is 0. The average Bonchev–Trinajstić information content (AvgIpc) is 2.39. The molecule has 1 aliphatic heterocycles. The van der Waals surface area contributed by atoms with E-state index >= 15 is 0 Å². The van der Waals surface area contributed by atoms with Crippen molar-refractivity contribution in [1.82, 2.24) is 0 Å². The predicted molar refractivity (Wildman–Crippen MR) is 87.7 cm³/mol. The van der Waals surface area contributed by atoms with Crippen molar-refractivity contribution in [1.29, 1.82) is 0 Å². The molecule has 0 atom stereocenters. The van der Waals surface area contributed by atoms with Gasteiger partial charge in [-0.3, -0.25) is 0 Å². The fourth-order valence-electron chi connectivity index (χ4n) is 1.83. The van der Waals surface area contributed by atoms with Crippen LogP contribution in [-0.4, -0.2) is 48.9 Å². The second kappa shape index (κ2) is 15.0. The summed E-state index contributed by atoms with van der Waals surface area (Å²) in [5.74, 6) is 0. The van der Waals surface area contributed by atoms with Crippen molar-refractivity contribution in [2.75, 3.05) is 0 Å². The van der Waals surface area contributed by atoms with Crippen molar-refractivity contribution < 1.29 is 0 Å². The van der Waals surface area contributed by atoms with Crippen LogP contribution < -0.4 is 0 Å². The monoisotopic (exact) mass is 512 g/mol. The number of hydrogen-bond donors (Lipinski definition) is 0. The molecule has 0 bridgehead atoms. The molecule has 0 amide bonds. The fourth-order valence-corrected chi connectivity index (χ4v) is 38.7. The Bertz CT molecular complexity index is 202. The number of rotatable bonds is 0. The first kappa shape index (κ1) is 17.6. The van der Waals surface area contributed by atoms with E-state index in [0.717, 1.165) is 48.9 Å². The molecule has 0 unspecified atom stereocenters. The molecule has 0 aromatic carbocycles. The minimum absolute atomic E-state index is 0.852. The summed E-state index contributed by atoms with van der Waals surface area (Å²) in [6, 6.07) is 0. The molecule has 4 heteroatoms. The minimum atomic E-state index is 0.852. The van der Waals surface area contributed by atoms with E-state index in [9.17, 15) is 0 Å². The van der Waals surface area contributed by atoms with Crippen molar-refractivity contribution in [2.24, 2.45) is 0 Å². The van der Waals surface area contributed by atoms with Gasteiger partial charge in [0.1, 0.15) is 0 Å². The zero-order chi connectivity index (χ0) is 12.7. The van der Waals surface area contributed by atoms with Crippen LogP contribution in [0.1, 0.15) is 57.8 Å². The van der Waals surface area contributed by atoms with E-state index < -0.39 is 0 Å². The summed E-state index contributed by atoms with van der Waals surface area (Å²) in [4.78, 5) is 2.45. The van der Waals surface area contributed by atoms with Crippen LogP contribution in [0.3, 0.4) is 0 Å². The molecule has 0 nitrogen and oxygen atoms in total. The summed E-state index contributed by atoms with van der Waals surface area (Å²) < 4.78 is 0. The molecule has 1 heterocycles. The number of allylic oxidation sites excluding steroid dienone is 3. The fraction of sp³-hybridized carbons (Fsp3) is 0.714. The van der Waals surface area contributed by atoms with Crippen molar-refractivity contribution in [3.63, 3.8) is 0 Å². The van der Waals surface area contributed by atoms with Gasteiger partial charge in [-0.1, -0.05) is 0 Å². The van der Waals surface area contributed by atoms with Crippen molar-refractivity contribution in [2.45, 2.75) is 63.1 Å². The molecule has 18 heavy (non-hydrogen) atoms. The Morgan fingerprint density at radius 1 is 0.667 bits per heavy atom. The van der Waals surface area contributed by atoms with Gasteiger partial charge in [-0.15, -0.1) is 0 Å². The molecule has 0 radical (unpaired) electrons. The quantitative estimate of drug-likeness (QED) is 0.440. The van der Waals surface area contributed by atoms with Gasteiger partial charge in [0.05, 0.1) is 0 Å². The molecule has 0 saturated heterocycles.